The number of aliphatic imine (C=N–C) groups is 1. The molecule has 12 heavy (non-hydrogen) atoms. The first-order chi connectivity index (χ1) is 5.91. The first-order valence-corrected chi connectivity index (χ1v) is 5.36. The molecule has 0 bridgehead atoms. The third kappa shape index (κ3) is 9.67. The Morgan fingerprint density at radius 1 is 0.917 bits per heavy atom. The van der Waals surface area contributed by atoms with Crippen molar-refractivity contribution < 1.29 is 0 Å². The van der Waals surface area contributed by atoms with Gasteiger partial charge >= 0.3 is 0 Å². The third-order valence-electron chi connectivity index (χ3n) is 2.07. The van der Waals surface area contributed by atoms with Crippen molar-refractivity contribution in [3.63, 3.8) is 0 Å². The van der Waals surface area contributed by atoms with Gasteiger partial charge in [-0.2, -0.15) is 0 Å². The Balaban J connectivity index is 2.81. The highest BCUT2D eigenvalue weighted by atomic mass is 14.7. The van der Waals surface area contributed by atoms with Crippen LogP contribution in [0.1, 0.15) is 58.8 Å². The second-order valence-corrected chi connectivity index (χ2v) is 3.29. The number of unbranched alkanes of at least 4 members (excludes halogenated alkanes) is 6. The molecular weight excluding hydrogens is 146 g/mol. The topological polar surface area (TPSA) is 12.4 Å². The van der Waals surface area contributed by atoms with Crippen LogP contribution in [-0.2, 0) is 0 Å². The van der Waals surface area contributed by atoms with Crippen molar-refractivity contribution in [1.82, 2.24) is 0 Å². The highest BCUT2D eigenvalue weighted by molar-refractivity contribution is 5.53. The summed E-state index contributed by atoms with van der Waals surface area (Å²) < 4.78 is 0. The Morgan fingerprint density at radius 3 is 2.08 bits per heavy atom. The zero-order valence-electron chi connectivity index (χ0n) is 8.68. The molecule has 72 valence electrons. The summed E-state index contributed by atoms with van der Waals surface area (Å²) >= 11 is 0. The van der Waals surface area contributed by atoms with Crippen LogP contribution in [0.5, 0.6) is 0 Å². The lowest BCUT2D eigenvalue weighted by atomic mass is 10.1. The van der Waals surface area contributed by atoms with Crippen molar-refractivity contribution in [1.29, 1.82) is 0 Å². The molecule has 0 saturated heterocycles. The van der Waals surface area contributed by atoms with E-state index in [0.29, 0.717) is 0 Å². The van der Waals surface area contributed by atoms with Crippen molar-refractivity contribution in [3.05, 3.63) is 0 Å². The van der Waals surface area contributed by atoms with E-state index in [1.807, 2.05) is 13.1 Å². The van der Waals surface area contributed by atoms with Crippen LogP contribution in [0.15, 0.2) is 4.99 Å². The lowest BCUT2D eigenvalue weighted by Crippen LogP contribution is -1.83. The Hall–Kier alpha value is -0.330. The van der Waals surface area contributed by atoms with Crippen molar-refractivity contribution in [2.75, 3.05) is 6.54 Å². The fourth-order valence-electron chi connectivity index (χ4n) is 1.29. The van der Waals surface area contributed by atoms with E-state index >= 15 is 0 Å². The van der Waals surface area contributed by atoms with Crippen LogP contribution in [-0.4, -0.2) is 12.8 Å². The zero-order chi connectivity index (χ0) is 9.07. The Kier molecular flexibility index (Phi) is 10.4. The monoisotopic (exact) mass is 169 g/mol. The molecule has 0 rings (SSSR count). The molecule has 0 radical (unpaired) electrons. The molecule has 1 heteroatoms. The SMILES string of the molecule is CC=NCCCCCCCCC. The van der Waals surface area contributed by atoms with E-state index in [2.05, 4.69) is 11.9 Å². The van der Waals surface area contributed by atoms with E-state index in [4.69, 9.17) is 0 Å². The Morgan fingerprint density at radius 2 is 1.50 bits per heavy atom. The maximum atomic E-state index is 4.18. The van der Waals surface area contributed by atoms with Gasteiger partial charge in [0.25, 0.3) is 0 Å². The lowest BCUT2D eigenvalue weighted by Gasteiger charge is -1.98. The molecule has 0 unspecified atom stereocenters. The van der Waals surface area contributed by atoms with Gasteiger partial charge in [0.05, 0.1) is 0 Å². The molecule has 0 heterocycles. The summed E-state index contributed by atoms with van der Waals surface area (Å²) in [6, 6.07) is 0. The van der Waals surface area contributed by atoms with Gasteiger partial charge in [0.1, 0.15) is 0 Å². The van der Waals surface area contributed by atoms with Gasteiger partial charge in [-0.3, -0.25) is 4.99 Å². The van der Waals surface area contributed by atoms with Crippen molar-refractivity contribution >= 4 is 6.21 Å². The highest BCUT2D eigenvalue weighted by Crippen LogP contribution is 2.06. The molecule has 0 saturated carbocycles. The summed E-state index contributed by atoms with van der Waals surface area (Å²) in [7, 11) is 0. The van der Waals surface area contributed by atoms with Gasteiger partial charge in [0.15, 0.2) is 0 Å². The lowest BCUT2D eigenvalue weighted by molar-refractivity contribution is 0.593. The second-order valence-electron chi connectivity index (χ2n) is 3.29. The van der Waals surface area contributed by atoms with E-state index in [9.17, 15) is 0 Å². The standard InChI is InChI=1S/C11H23N/c1-3-5-6-7-8-9-10-11-12-4-2/h4H,3,5-11H2,1-2H3. The van der Waals surface area contributed by atoms with Crippen LogP contribution in [0.3, 0.4) is 0 Å². The Bertz CT molecular complexity index is 97.2. The minimum absolute atomic E-state index is 1.03. The van der Waals surface area contributed by atoms with Gasteiger partial charge in [0.2, 0.25) is 0 Å². The van der Waals surface area contributed by atoms with E-state index in [1.165, 1.54) is 44.9 Å². The first-order valence-electron chi connectivity index (χ1n) is 5.36. The molecule has 0 fully saturated rings. The minimum atomic E-state index is 1.03. The van der Waals surface area contributed by atoms with Crippen LogP contribution in [0.25, 0.3) is 0 Å². The van der Waals surface area contributed by atoms with Gasteiger partial charge in [-0.1, -0.05) is 45.4 Å². The smallest absolute Gasteiger partial charge is 0.0385 e. The number of rotatable bonds is 8. The summed E-state index contributed by atoms with van der Waals surface area (Å²) in [4.78, 5) is 4.18. The Labute approximate surface area is 77.3 Å². The van der Waals surface area contributed by atoms with Gasteiger partial charge < -0.3 is 0 Å². The van der Waals surface area contributed by atoms with Gasteiger partial charge in [-0.15, -0.1) is 0 Å². The van der Waals surface area contributed by atoms with E-state index in [1.54, 1.807) is 0 Å². The van der Waals surface area contributed by atoms with Crippen LogP contribution in [0.2, 0.25) is 0 Å². The molecule has 0 aromatic rings. The molecule has 0 aromatic carbocycles. The summed E-state index contributed by atoms with van der Waals surface area (Å²) in [6.45, 7) is 5.28. The quantitative estimate of drug-likeness (QED) is 0.387. The average Bonchev–Trinajstić information content (AvgIpc) is 2.10. The number of hydrogen-bond acceptors (Lipinski definition) is 1. The predicted octanol–water partition coefficient (Wildman–Crippen LogP) is 3.83. The van der Waals surface area contributed by atoms with Crippen molar-refractivity contribution in [3.8, 4) is 0 Å². The zero-order valence-corrected chi connectivity index (χ0v) is 8.68. The summed E-state index contributed by atoms with van der Waals surface area (Å²) in [5.41, 5.74) is 0. The fourth-order valence-corrected chi connectivity index (χ4v) is 1.29. The fraction of sp³-hybridized carbons (Fsp3) is 0.909. The van der Waals surface area contributed by atoms with Crippen LogP contribution < -0.4 is 0 Å². The molecule has 0 spiro atoms. The van der Waals surface area contributed by atoms with Gasteiger partial charge in [-0.25, -0.2) is 0 Å². The van der Waals surface area contributed by atoms with Gasteiger partial charge in [0, 0.05) is 6.54 Å². The van der Waals surface area contributed by atoms with Gasteiger partial charge in [-0.05, 0) is 19.6 Å². The maximum absolute atomic E-state index is 4.18. The van der Waals surface area contributed by atoms with E-state index in [-0.39, 0.29) is 0 Å². The molecule has 1 nitrogen and oxygen atoms in total. The van der Waals surface area contributed by atoms with Crippen LogP contribution >= 0.6 is 0 Å². The van der Waals surface area contributed by atoms with Crippen molar-refractivity contribution in [2.45, 2.75) is 58.8 Å². The molecule has 0 N–H and O–H groups in total. The normalized spacial score (nSPS) is 11.2. The maximum Gasteiger partial charge on any atom is 0.0385 e. The predicted molar refractivity (Wildman–Crippen MR) is 57.0 cm³/mol. The highest BCUT2D eigenvalue weighted by Gasteiger charge is 1.88. The van der Waals surface area contributed by atoms with E-state index in [0.717, 1.165) is 6.54 Å². The molecule has 0 aliphatic rings. The minimum Gasteiger partial charge on any atom is -0.298 e. The molecule has 0 atom stereocenters. The summed E-state index contributed by atoms with van der Waals surface area (Å²) in [5, 5.41) is 0. The molecule has 0 aliphatic carbocycles. The number of hydrogen-bond donors (Lipinski definition) is 0. The average molecular weight is 169 g/mol. The molecule has 0 amide bonds. The number of nitrogens with zero attached hydrogens (tertiary/aromatic N) is 1. The summed E-state index contributed by atoms with van der Waals surface area (Å²) in [6.07, 6.45) is 11.5. The van der Waals surface area contributed by atoms with E-state index < -0.39 is 0 Å². The third-order valence-corrected chi connectivity index (χ3v) is 2.07. The van der Waals surface area contributed by atoms with Crippen LogP contribution in [0.4, 0.5) is 0 Å². The molecule has 0 aromatic heterocycles. The second kappa shape index (κ2) is 10.7. The molecule has 0 aliphatic heterocycles. The largest absolute Gasteiger partial charge is 0.298 e. The summed E-state index contributed by atoms with van der Waals surface area (Å²) in [5.74, 6) is 0. The molecular formula is C11H23N. The van der Waals surface area contributed by atoms with Crippen LogP contribution in [0, 0.1) is 0 Å². The van der Waals surface area contributed by atoms with Crippen molar-refractivity contribution in [2.24, 2.45) is 4.99 Å². The first kappa shape index (κ1) is 11.7.